The topological polar surface area (TPSA) is 80.6 Å². The number of nitrogens with one attached hydrogen (secondary N) is 1. The average molecular weight is 346 g/mol. The highest BCUT2D eigenvalue weighted by atomic mass is 32.2. The van der Waals surface area contributed by atoms with Crippen LogP contribution in [0.3, 0.4) is 0 Å². The summed E-state index contributed by atoms with van der Waals surface area (Å²) < 4.78 is 1.91. The first-order chi connectivity index (χ1) is 11.3. The minimum atomic E-state index is -0.353. The molecule has 2 aromatic heterocycles. The number of aromatic amines is 1. The number of ketones is 2. The zero-order valence-corrected chi connectivity index (χ0v) is 15.5. The first-order valence-electron chi connectivity index (χ1n) is 7.69. The lowest BCUT2D eigenvalue weighted by molar-refractivity contribution is 0.0988. The van der Waals surface area contributed by atoms with Gasteiger partial charge in [0.15, 0.2) is 16.7 Å². The molecular weight excluding hydrogens is 324 g/mol. The molecule has 0 aliphatic rings. The Hall–Kier alpha value is -2.15. The molecule has 0 bridgehead atoms. The van der Waals surface area contributed by atoms with Crippen molar-refractivity contribution in [3.63, 3.8) is 0 Å². The number of allylic oxidation sites excluding steroid dienone is 1. The van der Waals surface area contributed by atoms with Gasteiger partial charge in [-0.1, -0.05) is 17.8 Å². The molecule has 7 heteroatoms. The van der Waals surface area contributed by atoms with Gasteiger partial charge in [-0.2, -0.15) is 0 Å². The molecule has 2 heterocycles. The summed E-state index contributed by atoms with van der Waals surface area (Å²) in [7, 11) is 0. The molecule has 0 fully saturated rings. The third-order valence-corrected chi connectivity index (χ3v) is 4.98. The van der Waals surface area contributed by atoms with Gasteiger partial charge in [-0.3, -0.25) is 9.59 Å². The Morgan fingerprint density at radius 3 is 2.54 bits per heavy atom. The van der Waals surface area contributed by atoms with E-state index in [2.05, 4.69) is 21.8 Å². The summed E-state index contributed by atoms with van der Waals surface area (Å²) >= 11 is 1.35. The van der Waals surface area contributed by atoms with Gasteiger partial charge in [0.05, 0.1) is 10.9 Å². The highest BCUT2D eigenvalue weighted by molar-refractivity contribution is 8.00. The number of hydrogen-bond donors (Lipinski definition) is 1. The van der Waals surface area contributed by atoms with E-state index in [1.165, 1.54) is 18.7 Å². The second kappa shape index (κ2) is 7.17. The Bertz CT molecular complexity index is 804. The van der Waals surface area contributed by atoms with Crippen LogP contribution in [0.25, 0.3) is 0 Å². The maximum atomic E-state index is 12.8. The number of rotatable bonds is 7. The molecule has 0 spiro atoms. The largest absolute Gasteiger partial charge is 0.355 e. The number of Topliss-reactive ketones (excluding diaryl/α,β-unsaturated/α-hetero) is 2. The van der Waals surface area contributed by atoms with Gasteiger partial charge in [0.25, 0.3) is 0 Å². The molecule has 2 aromatic rings. The Labute approximate surface area is 145 Å². The normalized spacial score (nSPS) is 12.2. The molecule has 0 saturated carbocycles. The zero-order chi connectivity index (χ0) is 18.0. The fourth-order valence-corrected chi connectivity index (χ4v) is 3.69. The smallest absolute Gasteiger partial charge is 0.192 e. The van der Waals surface area contributed by atoms with Gasteiger partial charge in [-0.05, 0) is 40.2 Å². The van der Waals surface area contributed by atoms with Gasteiger partial charge in [0.1, 0.15) is 5.82 Å². The number of thioether (sulfide) groups is 1. The van der Waals surface area contributed by atoms with E-state index in [4.69, 9.17) is 0 Å². The lowest BCUT2D eigenvalue weighted by atomic mass is 10.0. The molecule has 0 aliphatic heterocycles. The average Bonchev–Trinajstić information content (AvgIpc) is 3.00. The molecule has 0 saturated heterocycles. The maximum absolute atomic E-state index is 12.8. The quantitative estimate of drug-likeness (QED) is 0.473. The van der Waals surface area contributed by atoms with E-state index in [0.29, 0.717) is 28.5 Å². The lowest BCUT2D eigenvalue weighted by Crippen LogP contribution is -2.16. The van der Waals surface area contributed by atoms with Crippen molar-refractivity contribution in [3.05, 3.63) is 41.0 Å². The van der Waals surface area contributed by atoms with Gasteiger partial charge in [0.2, 0.25) is 0 Å². The van der Waals surface area contributed by atoms with Crippen LogP contribution in [0.5, 0.6) is 0 Å². The molecule has 6 nitrogen and oxygen atoms in total. The van der Waals surface area contributed by atoms with Gasteiger partial charge in [-0.15, -0.1) is 16.8 Å². The first-order valence-corrected chi connectivity index (χ1v) is 8.57. The van der Waals surface area contributed by atoms with Crippen molar-refractivity contribution >= 4 is 23.3 Å². The van der Waals surface area contributed by atoms with E-state index in [-0.39, 0.29) is 16.8 Å². The predicted octanol–water partition coefficient (Wildman–Crippen LogP) is 3.28. The predicted molar refractivity (Wildman–Crippen MR) is 94.9 cm³/mol. The molecule has 1 N–H and O–H groups in total. The van der Waals surface area contributed by atoms with Crippen LogP contribution in [0.1, 0.15) is 51.8 Å². The van der Waals surface area contributed by atoms with Crippen LogP contribution >= 0.6 is 11.8 Å². The molecule has 1 atom stereocenters. The van der Waals surface area contributed by atoms with Crippen LogP contribution < -0.4 is 0 Å². The van der Waals surface area contributed by atoms with Gasteiger partial charge >= 0.3 is 0 Å². The number of nitrogens with zero attached hydrogens (tertiary/aromatic N) is 3. The molecule has 0 aliphatic carbocycles. The van der Waals surface area contributed by atoms with Crippen LogP contribution in [-0.4, -0.2) is 36.6 Å². The van der Waals surface area contributed by atoms with Crippen molar-refractivity contribution in [2.24, 2.45) is 0 Å². The molecule has 0 radical (unpaired) electrons. The molecule has 0 aromatic carbocycles. The van der Waals surface area contributed by atoms with Gasteiger partial charge in [-0.25, -0.2) is 0 Å². The number of carbonyl (C=O) groups excluding carboxylic acids is 2. The van der Waals surface area contributed by atoms with Gasteiger partial charge in [0, 0.05) is 17.8 Å². The number of H-pyrrole nitrogens is 1. The minimum absolute atomic E-state index is 0.0399. The van der Waals surface area contributed by atoms with E-state index >= 15 is 0 Å². The molecule has 0 amide bonds. The number of carbonyl (C=O) groups is 2. The molecule has 24 heavy (non-hydrogen) atoms. The molecular formula is C17H22N4O2S. The Morgan fingerprint density at radius 1 is 1.33 bits per heavy atom. The summed E-state index contributed by atoms with van der Waals surface area (Å²) in [4.78, 5) is 27.6. The van der Waals surface area contributed by atoms with Crippen molar-refractivity contribution in [2.45, 2.75) is 51.6 Å². The standard InChI is InChI=1S/C17H22N4O2S/c1-7-8-21-13(6)19-20-17(21)24-12(5)16(23)15-9(2)14(11(4)22)10(3)18-15/h7,12,18H,1,8H2,2-6H3. The Kier molecular flexibility index (Phi) is 5.43. The van der Waals surface area contributed by atoms with E-state index in [1.54, 1.807) is 13.0 Å². The van der Waals surface area contributed by atoms with Gasteiger partial charge < -0.3 is 9.55 Å². The summed E-state index contributed by atoms with van der Waals surface area (Å²) in [6.07, 6.45) is 1.77. The fraction of sp³-hybridized carbons (Fsp3) is 0.412. The first kappa shape index (κ1) is 18.2. The summed E-state index contributed by atoms with van der Waals surface area (Å²) in [5.74, 6) is 0.684. The van der Waals surface area contributed by atoms with Crippen LogP contribution in [0.15, 0.2) is 17.8 Å². The van der Waals surface area contributed by atoms with E-state index in [9.17, 15) is 9.59 Å². The maximum Gasteiger partial charge on any atom is 0.192 e. The SMILES string of the molecule is C=CCn1c(C)nnc1SC(C)C(=O)c1[nH]c(C)c(C(C)=O)c1C. The van der Waals surface area contributed by atoms with Crippen LogP contribution in [0.2, 0.25) is 0 Å². The summed E-state index contributed by atoms with van der Waals surface area (Å²) in [6, 6.07) is 0. The monoisotopic (exact) mass is 346 g/mol. The number of aryl methyl sites for hydroxylation is 2. The summed E-state index contributed by atoms with van der Waals surface area (Å²) in [5, 5.41) is 8.52. The Morgan fingerprint density at radius 2 is 2.00 bits per heavy atom. The molecule has 2 rings (SSSR count). The Balaban J connectivity index is 2.27. The highest BCUT2D eigenvalue weighted by Crippen LogP contribution is 2.27. The summed E-state index contributed by atoms with van der Waals surface area (Å²) in [5.41, 5.74) is 2.53. The van der Waals surface area contributed by atoms with E-state index in [0.717, 1.165) is 11.5 Å². The highest BCUT2D eigenvalue weighted by Gasteiger charge is 2.25. The third-order valence-electron chi connectivity index (χ3n) is 3.90. The van der Waals surface area contributed by atoms with Crippen LogP contribution in [0, 0.1) is 20.8 Å². The second-order valence-electron chi connectivity index (χ2n) is 5.73. The van der Waals surface area contributed by atoms with Crippen molar-refractivity contribution in [1.29, 1.82) is 0 Å². The van der Waals surface area contributed by atoms with Crippen molar-refractivity contribution < 1.29 is 9.59 Å². The van der Waals surface area contributed by atoms with E-state index in [1.807, 2.05) is 25.3 Å². The lowest BCUT2D eigenvalue weighted by Gasteiger charge is -2.11. The zero-order valence-electron chi connectivity index (χ0n) is 14.6. The van der Waals surface area contributed by atoms with Crippen LogP contribution in [0.4, 0.5) is 0 Å². The van der Waals surface area contributed by atoms with Crippen molar-refractivity contribution in [1.82, 2.24) is 19.7 Å². The number of aromatic nitrogens is 4. The van der Waals surface area contributed by atoms with Crippen molar-refractivity contribution in [3.8, 4) is 0 Å². The third kappa shape index (κ3) is 3.36. The minimum Gasteiger partial charge on any atom is -0.355 e. The van der Waals surface area contributed by atoms with Crippen LogP contribution in [-0.2, 0) is 6.54 Å². The molecule has 1 unspecified atom stereocenters. The fourth-order valence-electron chi connectivity index (χ4n) is 2.73. The number of hydrogen-bond acceptors (Lipinski definition) is 5. The van der Waals surface area contributed by atoms with E-state index < -0.39 is 0 Å². The second-order valence-corrected chi connectivity index (χ2v) is 7.04. The summed E-state index contributed by atoms with van der Waals surface area (Å²) in [6.45, 7) is 13.1. The molecule has 128 valence electrons. The van der Waals surface area contributed by atoms with Crippen molar-refractivity contribution in [2.75, 3.05) is 0 Å².